The average Bonchev–Trinajstić information content (AvgIpc) is 2.75. The standard InChI is InChI=1S/C14H22N2/c1-14(2,3)7-5-4-6-11-8-12(11)13-9-15-10-16-13/h4,6,9-12H,5,7-8H2,1-3H3,(H,15,16)/b6-4-/t11-,12+/m0/s1. The van der Waals surface area contributed by atoms with Gasteiger partial charge in [0.25, 0.3) is 0 Å². The van der Waals surface area contributed by atoms with Crippen LogP contribution in [0.2, 0.25) is 0 Å². The Bertz CT molecular complexity index is 343. The molecule has 0 amide bonds. The zero-order valence-electron chi connectivity index (χ0n) is 10.5. The molecule has 1 heterocycles. The van der Waals surface area contributed by atoms with Crippen LogP contribution in [0.5, 0.6) is 0 Å². The van der Waals surface area contributed by atoms with Crippen LogP contribution in [-0.4, -0.2) is 9.97 Å². The van der Waals surface area contributed by atoms with E-state index < -0.39 is 0 Å². The molecule has 0 aliphatic heterocycles. The minimum atomic E-state index is 0.454. The summed E-state index contributed by atoms with van der Waals surface area (Å²) in [6, 6.07) is 0. The van der Waals surface area contributed by atoms with Gasteiger partial charge in [-0.05, 0) is 30.6 Å². The van der Waals surface area contributed by atoms with Crippen molar-refractivity contribution in [2.45, 2.75) is 46.0 Å². The number of hydrogen-bond acceptors (Lipinski definition) is 1. The Labute approximate surface area is 98.2 Å². The molecule has 1 aliphatic rings. The van der Waals surface area contributed by atoms with Crippen molar-refractivity contribution >= 4 is 0 Å². The van der Waals surface area contributed by atoms with Gasteiger partial charge in [0.2, 0.25) is 0 Å². The average molecular weight is 218 g/mol. The highest BCUT2D eigenvalue weighted by Crippen LogP contribution is 2.47. The van der Waals surface area contributed by atoms with Crippen molar-refractivity contribution in [2.75, 3.05) is 0 Å². The molecule has 0 unspecified atom stereocenters. The van der Waals surface area contributed by atoms with Gasteiger partial charge in [-0.2, -0.15) is 0 Å². The molecule has 1 aromatic rings. The summed E-state index contributed by atoms with van der Waals surface area (Å²) in [6.45, 7) is 6.89. The van der Waals surface area contributed by atoms with Gasteiger partial charge in [0.05, 0.1) is 12.0 Å². The SMILES string of the molecule is CC(C)(C)CC/C=C\[C@H]1C[C@H]1c1c[nH]cn1. The van der Waals surface area contributed by atoms with Crippen LogP contribution in [0.3, 0.4) is 0 Å². The minimum Gasteiger partial charge on any atom is -0.351 e. The van der Waals surface area contributed by atoms with Gasteiger partial charge >= 0.3 is 0 Å². The molecule has 0 bridgehead atoms. The lowest BCUT2D eigenvalue weighted by atomic mass is 9.90. The summed E-state index contributed by atoms with van der Waals surface area (Å²) in [4.78, 5) is 7.33. The maximum Gasteiger partial charge on any atom is 0.0923 e. The molecule has 2 heteroatoms. The van der Waals surface area contributed by atoms with Gasteiger partial charge < -0.3 is 4.98 Å². The molecule has 0 spiro atoms. The zero-order valence-corrected chi connectivity index (χ0v) is 10.5. The summed E-state index contributed by atoms with van der Waals surface area (Å²) in [6.07, 6.45) is 12.3. The molecule has 0 radical (unpaired) electrons. The first-order chi connectivity index (χ1) is 7.56. The summed E-state index contributed by atoms with van der Waals surface area (Å²) in [5, 5.41) is 0. The van der Waals surface area contributed by atoms with Gasteiger partial charge in [-0.15, -0.1) is 0 Å². The third-order valence-electron chi connectivity index (χ3n) is 3.18. The second-order valence-corrected chi connectivity index (χ2v) is 6.03. The zero-order chi connectivity index (χ0) is 11.6. The van der Waals surface area contributed by atoms with Crippen molar-refractivity contribution in [3.05, 3.63) is 30.4 Å². The molecule has 1 aromatic heterocycles. The van der Waals surface area contributed by atoms with E-state index in [0.717, 1.165) is 5.92 Å². The Morgan fingerprint density at radius 2 is 2.31 bits per heavy atom. The van der Waals surface area contributed by atoms with E-state index in [9.17, 15) is 0 Å². The van der Waals surface area contributed by atoms with Crippen molar-refractivity contribution in [3.8, 4) is 0 Å². The quantitative estimate of drug-likeness (QED) is 0.763. The third-order valence-corrected chi connectivity index (χ3v) is 3.18. The van der Waals surface area contributed by atoms with Crippen LogP contribution < -0.4 is 0 Å². The smallest absolute Gasteiger partial charge is 0.0923 e. The van der Waals surface area contributed by atoms with E-state index >= 15 is 0 Å². The fourth-order valence-corrected chi connectivity index (χ4v) is 2.03. The number of nitrogens with zero attached hydrogens (tertiary/aromatic N) is 1. The number of hydrogen-bond donors (Lipinski definition) is 1. The van der Waals surface area contributed by atoms with E-state index in [2.05, 4.69) is 42.9 Å². The van der Waals surface area contributed by atoms with Crippen LogP contribution in [0.1, 0.15) is 51.6 Å². The van der Waals surface area contributed by atoms with E-state index in [-0.39, 0.29) is 0 Å². The Hall–Kier alpha value is -1.05. The highest BCUT2D eigenvalue weighted by atomic mass is 14.9. The monoisotopic (exact) mass is 218 g/mol. The van der Waals surface area contributed by atoms with Crippen LogP contribution in [0.25, 0.3) is 0 Å². The van der Waals surface area contributed by atoms with Gasteiger partial charge in [0.15, 0.2) is 0 Å². The summed E-state index contributed by atoms with van der Waals surface area (Å²) in [5.41, 5.74) is 1.68. The predicted octanol–water partition coefficient (Wildman–Crippen LogP) is 3.90. The fourth-order valence-electron chi connectivity index (χ4n) is 2.03. The van der Waals surface area contributed by atoms with Gasteiger partial charge in [0.1, 0.15) is 0 Å². The molecule has 1 aliphatic carbocycles. The molecule has 16 heavy (non-hydrogen) atoms. The first-order valence-electron chi connectivity index (χ1n) is 6.21. The number of imidazole rings is 1. The Kier molecular flexibility index (Phi) is 3.17. The molecular formula is C14H22N2. The number of H-pyrrole nitrogens is 1. The van der Waals surface area contributed by atoms with Crippen LogP contribution in [0.15, 0.2) is 24.7 Å². The van der Waals surface area contributed by atoms with Crippen LogP contribution in [0.4, 0.5) is 0 Å². The van der Waals surface area contributed by atoms with E-state index in [1.54, 1.807) is 6.33 Å². The third kappa shape index (κ3) is 3.22. The maximum absolute atomic E-state index is 4.31. The first-order valence-corrected chi connectivity index (χ1v) is 6.21. The molecule has 0 saturated heterocycles. The molecule has 2 nitrogen and oxygen atoms in total. The lowest BCUT2D eigenvalue weighted by Gasteiger charge is -2.15. The van der Waals surface area contributed by atoms with E-state index in [0.29, 0.717) is 11.3 Å². The molecule has 1 saturated carbocycles. The number of aromatic amines is 1. The molecule has 2 rings (SSSR count). The van der Waals surface area contributed by atoms with Crippen LogP contribution in [-0.2, 0) is 0 Å². The molecule has 2 atom stereocenters. The second-order valence-electron chi connectivity index (χ2n) is 6.03. The minimum absolute atomic E-state index is 0.454. The Balaban J connectivity index is 1.71. The lowest BCUT2D eigenvalue weighted by Crippen LogP contribution is -2.02. The molecule has 1 N–H and O–H groups in total. The highest BCUT2D eigenvalue weighted by Gasteiger charge is 2.37. The second kappa shape index (κ2) is 4.44. The number of rotatable bonds is 4. The first kappa shape index (κ1) is 11.4. The van der Waals surface area contributed by atoms with E-state index in [4.69, 9.17) is 0 Å². The highest BCUT2D eigenvalue weighted by molar-refractivity contribution is 5.19. The Morgan fingerprint density at radius 3 is 2.94 bits per heavy atom. The summed E-state index contributed by atoms with van der Waals surface area (Å²) in [5.74, 6) is 1.42. The molecular weight excluding hydrogens is 196 g/mol. The van der Waals surface area contributed by atoms with E-state index in [1.807, 2.05) is 6.20 Å². The molecule has 88 valence electrons. The van der Waals surface area contributed by atoms with Crippen LogP contribution in [0, 0.1) is 11.3 Å². The van der Waals surface area contributed by atoms with Crippen molar-refractivity contribution in [1.82, 2.24) is 9.97 Å². The molecule has 1 fully saturated rings. The van der Waals surface area contributed by atoms with E-state index in [1.165, 1.54) is 25.0 Å². The largest absolute Gasteiger partial charge is 0.351 e. The summed E-state index contributed by atoms with van der Waals surface area (Å²) < 4.78 is 0. The van der Waals surface area contributed by atoms with Gasteiger partial charge in [-0.3, -0.25) is 0 Å². The number of aromatic nitrogens is 2. The van der Waals surface area contributed by atoms with Gasteiger partial charge in [-0.25, -0.2) is 4.98 Å². The predicted molar refractivity (Wildman–Crippen MR) is 67.3 cm³/mol. The van der Waals surface area contributed by atoms with Crippen molar-refractivity contribution in [2.24, 2.45) is 11.3 Å². The maximum atomic E-state index is 4.31. The number of allylic oxidation sites excluding steroid dienone is 2. The van der Waals surface area contributed by atoms with Crippen LogP contribution >= 0.6 is 0 Å². The molecule has 0 aromatic carbocycles. The van der Waals surface area contributed by atoms with Crippen molar-refractivity contribution < 1.29 is 0 Å². The van der Waals surface area contributed by atoms with Gasteiger partial charge in [-0.1, -0.05) is 32.9 Å². The van der Waals surface area contributed by atoms with Gasteiger partial charge in [0, 0.05) is 12.1 Å². The number of nitrogens with one attached hydrogen (secondary N) is 1. The Morgan fingerprint density at radius 1 is 1.50 bits per heavy atom. The van der Waals surface area contributed by atoms with Crippen molar-refractivity contribution in [3.63, 3.8) is 0 Å². The summed E-state index contributed by atoms with van der Waals surface area (Å²) in [7, 11) is 0. The topological polar surface area (TPSA) is 28.7 Å². The lowest BCUT2D eigenvalue weighted by molar-refractivity contribution is 0.381. The normalized spacial score (nSPS) is 25.2. The fraction of sp³-hybridized carbons (Fsp3) is 0.643. The van der Waals surface area contributed by atoms with Crippen molar-refractivity contribution in [1.29, 1.82) is 0 Å². The summed E-state index contributed by atoms with van der Waals surface area (Å²) >= 11 is 0.